The zero-order chi connectivity index (χ0) is 9.97. The van der Waals surface area contributed by atoms with Gasteiger partial charge in [-0.2, -0.15) is 0 Å². The molecule has 72 valence electrons. The molecule has 0 unspecified atom stereocenters. The number of fused-ring (bicyclic) bond motifs is 1. The highest BCUT2D eigenvalue weighted by Crippen LogP contribution is 2.19. The number of aromatic nitrogens is 1. The summed E-state index contributed by atoms with van der Waals surface area (Å²) in [6.07, 6.45) is 1.79. The molecule has 0 aliphatic heterocycles. The molecule has 1 atom stereocenters. The number of aliphatic hydroxyl groups is 1. The fourth-order valence-corrected chi connectivity index (χ4v) is 1.50. The molecular formula is C12H13NO. The lowest BCUT2D eigenvalue weighted by atomic mass is 10.0. The van der Waals surface area contributed by atoms with E-state index in [9.17, 15) is 0 Å². The van der Waals surface area contributed by atoms with Crippen molar-refractivity contribution in [2.75, 3.05) is 6.61 Å². The molecule has 1 aromatic heterocycles. The van der Waals surface area contributed by atoms with E-state index in [-0.39, 0.29) is 12.5 Å². The van der Waals surface area contributed by atoms with Crippen LogP contribution in [0.2, 0.25) is 0 Å². The summed E-state index contributed by atoms with van der Waals surface area (Å²) in [6.45, 7) is 2.18. The quantitative estimate of drug-likeness (QED) is 0.782. The molecule has 14 heavy (non-hydrogen) atoms. The van der Waals surface area contributed by atoms with Crippen LogP contribution in [0, 0.1) is 0 Å². The second-order valence-electron chi connectivity index (χ2n) is 3.54. The maximum Gasteiger partial charge on any atom is 0.0704 e. The molecule has 0 bridgehead atoms. The number of pyridine rings is 1. The van der Waals surface area contributed by atoms with Crippen LogP contribution >= 0.6 is 0 Å². The van der Waals surface area contributed by atoms with E-state index in [1.54, 1.807) is 6.20 Å². The average molecular weight is 187 g/mol. The second-order valence-corrected chi connectivity index (χ2v) is 3.54. The smallest absolute Gasteiger partial charge is 0.0704 e. The van der Waals surface area contributed by atoms with Gasteiger partial charge in [-0.15, -0.1) is 0 Å². The fraction of sp³-hybridized carbons (Fsp3) is 0.250. The Kier molecular flexibility index (Phi) is 2.46. The van der Waals surface area contributed by atoms with Gasteiger partial charge in [0.15, 0.2) is 0 Å². The Hall–Kier alpha value is -1.41. The minimum atomic E-state index is 0.179. The molecule has 2 aromatic rings. The fourth-order valence-electron chi connectivity index (χ4n) is 1.50. The van der Waals surface area contributed by atoms with Gasteiger partial charge in [0.1, 0.15) is 0 Å². The molecule has 0 aliphatic rings. The Morgan fingerprint density at radius 2 is 2.21 bits per heavy atom. The van der Waals surface area contributed by atoms with Crippen LogP contribution in [0.1, 0.15) is 18.4 Å². The Labute approximate surface area is 83.2 Å². The van der Waals surface area contributed by atoms with Crippen molar-refractivity contribution < 1.29 is 5.11 Å². The van der Waals surface area contributed by atoms with Crippen molar-refractivity contribution in [1.82, 2.24) is 4.98 Å². The highest BCUT2D eigenvalue weighted by molar-refractivity contribution is 5.78. The first-order valence-corrected chi connectivity index (χ1v) is 4.77. The largest absolute Gasteiger partial charge is 0.396 e. The van der Waals surface area contributed by atoms with Gasteiger partial charge in [-0.25, -0.2) is 0 Å². The summed E-state index contributed by atoms with van der Waals surface area (Å²) in [6, 6.07) is 10.1. The normalized spacial score (nSPS) is 13.0. The first-order chi connectivity index (χ1) is 6.81. The lowest BCUT2D eigenvalue weighted by Crippen LogP contribution is -1.98. The molecule has 0 radical (unpaired) electrons. The summed E-state index contributed by atoms with van der Waals surface area (Å²) in [4.78, 5) is 4.28. The van der Waals surface area contributed by atoms with Crippen molar-refractivity contribution in [2.45, 2.75) is 12.8 Å². The van der Waals surface area contributed by atoms with E-state index < -0.39 is 0 Å². The van der Waals surface area contributed by atoms with Crippen LogP contribution in [0.15, 0.2) is 36.5 Å². The Bertz CT molecular complexity index is 439. The molecule has 0 saturated carbocycles. The van der Waals surface area contributed by atoms with E-state index in [4.69, 9.17) is 5.11 Å². The van der Waals surface area contributed by atoms with Gasteiger partial charge in [0.25, 0.3) is 0 Å². The third-order valence-corrected chi connectivity index (χ3v) is 2.47. The van der Waals surface area contributed by atoms with Crippen LogP contribution in [0.4, 0.5) is 0 Å². The van der Waals surface area contributed by atoms with E-state index in [0.717, 1.165) is 16.5 Å². The van der Waals surface area contributed by atoms with Gasteiger partial charge in [0, 0.05) is 24.1 Å². The van der Waals surface area contributed by atoms with E-state index in [2.05, 4.69) is 4.98 Å². The van der Waals surface area contributed by atoms with Crippen molar-refractivity contribution >= 4 is 10.9 Å². The van der Waals surface area contributed by atoms with Crippen LogP contribution in [-0.2, 0) is 0 Å². The summed E-state index contributed by atoms with van der Waals surface area (Å²) < 4.78 is 0. The molecule has 0 fully saturated rings. The number of hydrogen-bond donors (Lipinski definition) is 1. The standard InChI is InChI=1S/C12H13NO/c1-9(8-14)11-5-4-10-3-2-6-13-12(10)7-11/h2-7,9,14H,8H2,1H3/t9-/m0/s1. The number of nitrogens with zero attached hydrogens (tertiary/aromatic N) is 1. The third-order valence-electron chi connectivity index (χ3n) is 2.47. The molecule has 0 aliphatic carbocycles. The van der Waals surface area contributed by atoms with Crippen molar-refractivity contribution in [1.29, 1.82) is 0 Å². The van der Waals surface area contributed by atoms with Gasteiger partial charge >= 0.3 is 0 Å². The van der Waals surface area contributed by atoms with Crippen LogP contribution in [0.3, 0.4) is 0 Å². The van der Waals surface area contributed by atoms with Gasteiger partial charge in [-0.05, 0) is 17.7 Å². The maximum atomic E-state index is 9.04. The molecule has 1 aromatic carbocycles. The second kappa shape index (κ2) is 3.76. The summed E-state index contributed by atoms with van der Waals surface area (Å²) in [5.74, 6) is 0.182. The first kappa shape index (κ1) is 9.16. The van der Waals surface area contributed by atoms with Crippen molar-refractivity contribution in [3.05, 3.63) is 42.1 Å². The van der Waals surface area contributed by atoms with Gasteiger partial charge in [0.2, 0.25) is 0 Å². The first-order valence-electron chi connectivity index (χ1n) is 4.77. The van der Waals surface area contributed by atoms with E-state index in [1.165, 1.54) is 0 Å². The topological polar surface area (TPSA) is 33.1 Å². The van der Waals surface area contributed by atoms with E-state index >= 15 is 0 Å². The summed E-state index contributed by atoms with van der Waals surface area (Å²) in [5.41, 5.74) is 2.13. The Morgan fingerprint density at radius 3 is 3.00 bits per heavy atom. The summed E-state index contributed by atoms with van der Waals surface area (Å²) in [7, 11) is 0. The predicted molar refractivity (Wildman–Crippen MR) is 57.2 cm³/mol. The average Bonchev–Trinajstić information content (AvgIpc) is 2.27. The molecule has 0 amide bonds. The van der Waals surface area contributed by atoms with Gasteiger partial charge in [-0.3, -0.25) is 4.98 Å². The highest BCUT2D eigenvalue weighted by Gasteiger charge is 2.04. The van der Waals surface area contributed by atoms with Gasteiger partial charge < -0.3 is 5.11 Å². The van der Waals surface area contributed by atoms with Crippen LogP contribution in [0.25, 0.3) is 10.9 Å². The molecule has 2 heteroatoms. The Balaban J connectivity index is 2.51. The molecule has 2 nitrogen and oxygen atoms in total. The number of benzene rings is 1. The number of aliphatic hydroxyl groups excluding tert-OH is 1. The minimum absolute atomic E-state index is 0.179. The highest BCUT2D eigenvalue weighted by atomic mass is 16.3. The number of hydrogen-bond acceptors (Lipinski definition) is 2. The molecule has 2 rings (SSSR count). The number of rotatable bonds is 2. The molecule has 1 N–H and O–H groups in total. The monoisotopic (exact) mass is 187 g/mol. The Morgan fingerprint density at radius 1 is 1.36 bits per heavy atom. The van der Waals surface area contributed by atoms with E-state index in [0.29, 0.717) is 0 Å². The lowest BCUT2D eigenvalue weighted by Gasteiger charge is -2.08. The third kappa shape index (κ3) is 1.61. The zero-order valence-electron chi connectivity index (χ0n) is 8.14. The molecular weight excluding hydrogens is 174 g/mol. The predicted octanol–water partition coefficient (Wildman–Crippen LogP) is 2.33. The van der Waals surface area contributed by atoms with Crippen molar-refractivity contribution in [3.63, 3.8) is 0 Å². The summed E-state index contributed by atoms with van der Waals surface area (Å²) >= 11 is 0. The van der Waals surface area contributed by atoms with E-state index in [1.807, 2.05) is 37.3 Å². The van der Waals surface area contributed by atoms with Crippen LogP contribution in [-0.4, -0.2) is 16.7 Å². The summed E-state index contributed by atoms with van der Waals surface area (Å²) in [5, 5.41) is 10.2. The lowest BCUT2D eigenvalue weighted by molar-refractivity contribution is 0.273. The SMILES string of the molecule is C[C@@H](CO)c1ccc2cccnc2c1. The van der Waals surface area contributed by atoms with Crippen molar-refractivity contribution in [3.8, 4) is 0 Å². The maximum absolute atomic E-state index is 9.04. The molecule has 1 heterocycles. The van der Waals surface area contributed by atoms with Crippen LogP contribution < -0.4 is 0 Å². The van der Waals surface area contributed by atoms with Crippen LogP contribution in [0.5, 0.6) is 0 Å². The minimum Gasteiger partial charge on any atom is -0.396 e. The zero-order valence-corrected chi connectivity index (χ0v) is 8.14. The molecule has 0 spiro atoms. The van der Waals surface area contributed by atoms with Gasteiger partial charge in [0.05, 0.1) is 5.52 Å². The van der Waals surface area contributed by atoms with Gasteiger partial charge in [-0.1, -0.05) is 25.1 Å². The van der Waals surface area contributed by atoms with Crippen molar-refractivity contribution in [2.24, 2.45) is 0 Å². The molecule has 0 saturated heterocycles.